The lowest BCUT2D eigenvalue weighted by Crippen LogP contribution is -2.52. The van der Waals surface area contributed by atoms with E-state index in [1.54, 1.807) is 12.1 Å². The van der Waals surface area contributed by atoms with Crippen LogP contribution in [0.5, 0.6) is 0 Å². The first-order valence-electron chi connectivity index (χ1n) is 10.1. The van der Waals surface area contributed by atoms with Crippen LogP contribution in [0.15, 0.2) is 33.9 Å². The number of hydrogen-bond acceptors (Lipinski definition) is 6. The molecule has 7 heteroatoms. The summed E-state index contributed by atoms with van der Waals surface area (Å²) in [5.74, 6) is -0.245. The van der Waals surface area contributed by atoms with Crippen molar-refractivity contribution in [2.24, 2.45) is 0 Å². The lowest BCUT2D eigenvalue weighted by atomic mass is 10.1. The third-order valence-corrected chi connectivity index (χ3v) is 6.09. The van der Waals surface area contributed by atoms with E-state index in [4.69, 9.17) is 0 Å². The second-order valence-electron chi connectivity index (χ2n) is 7.64. The van der Waals surface area contributed by atoms with Gasteiger partial charge in [0.05, 0.1) is 0 Å². The highest BCUT2D eigenvalue weighted by atomic mass is 19.1. The Morgan fingerprint density at radius 2 is 1.68 bits per heavy atom. The van der Waals surface area contributed by atoms with Crippen LogP contribution in [0.1, 0.15) is 19.8 Å². The van der Waals surface area contributed by atoms with Gasteiger partial charge in [0.2, 0.25) is 0 Å². The van der Waals surface area contributed by atoms with E-state index in [0.717, 1.165) is 38.3 Å². The second-order valence-corrected chi connectivity index (χ2v) is 7.64. The van der Waals surface area contributed by atoms with Crippen LogP contribution in [-0.4, -0.2) is 56.8 Å². The fourth-order valence-corrected chi connectivity index (χ4v) is 4.45. The van der Waals surface area contributed by atoms with Crippen molar-refractivity contribution >= 4 is 17.1 Å². The van der Waals surface area contributed by atoms with Crippen LogP contribution in [0.25, 0.3) is 0 Å². The number of halogens is 1. The van der Waals surface area contributed by atoms with Crippen molar-refractivity contribution in [2.45, 2.75) is 25.8 Å². The highest BCUT2D eigenvalue weighted by Crippen LogP contribution is 2.25. The molecule has 0 radical (unpaired) electrons. The molecule has 0 aliphatic carbocycles. The fourth-order valence-electron chi connectivity index (χ4n) is 4.45. The van der Waals surface area contributed by atoms with Crippen LogP contribution in [0.2, 0.25) is 0 Å². The molecule has 2 saturated heterocycles. The van der Waals surface area contributed by atoms with Crippen LogP contribution in [0.4, 0.5) is 21.5 Å². The van der Waals surface area contributed by atoms with Crippen molar-refractivity contribution in [2.75, 3.05) is 60.9 Å². The largest absolute Gasteiger partial charge is 0.378 e. The number of likely N-dealkylation sites (tertiary alicyclic amines) is 1. The third kappa shape index (κ3) is 3.51. The quantitative estimate of drug-likeness (QED) is 0.762. The summed E-state index contributed by atoms with van der Waals surface area (Å²) in [4.78, 5) is 31.0. The number of nitrogens with zero attached hydrogens (tertiary/aromatic N) is 3. The molecule has 28 heavy (non-hydrogen) atoms. The third-order valence-electron chi connectivity index (χ3n) is 6.09. The average molecular weight is 386 g/mol. The van der Waals surface area contributed by atoms with Gasteiger partial charge in [0.25, 0.3) is 10.9 Å². The zero-order chi connectivity index (χ0) is 19.7. The Balaban J connectivity index is 1.39. The molecule has 0 spiro atoms. The Labute approximate surface area is 164 Å². The topological polar surface area (TPSA) is 55.9 Å². The molecule has 0 bridgehead atoms. The summed E-state index contributed by atoms with van der Waals surface area (Å²) >= 11 is 0. The molecule has 1 atom stereocenters. The van der Waals surface area contributed by atoms with Crippen molar-refractivity contribution < 1.29 is 4.39 Å². The van der Waals surface area contributed by atoms with E-state index in [-0.39, 0.29) is 11.2 Å². The van der Waals surface area contributed by atoms with Crippen molar-refractivity contribution in [3.05, 3.63) is 50.5 Å². The van der Waals surface area contributed by atoms with Crippen molar-refractivity contribution in [3.63, 3.8) is 0 Å². The van der Waals surface area contributed by atoms with E-state index in [0.29, 0.717) is 37.1 Å². The Hall–Kier alpha value is -2.41. The number of hydrogen-bond donors (Lipinski definition) is 1. The number of nitrogens with one attached hydrogen (secondary N) is 1. The molecule has 0 amide bonds. The lowest BCUT2D eigenvalue weighted by Gasteiger charge is -2.38. The van der Waals surface area contributed by atoms with Gasteiger partial charge in [0.15, 0.2) is 0 Å². The molecular weight excluding hydrogens is 359 g/mol. The first-order valence-corrected chi connectivity index (χ1v) is 10.1. The Kier molecular flexibility index (Phi) is 5.35. The Morgan fingerprint density at radius 3 is 2.36 bits per heavy atom. The van der Waals surface area contributed by atoms with E-state index < -0.39 is 5.43 Å². The van der Waals surface area contributed by atoms with Gasteiger partial charge in [-0.05, 0) is 50.2 Å². The Bertz CT molecular complexity index is 883. The Morgan fingerprint density at radius 1 is 1.00 bits per heavy atom. The molecule has 2 aromatic rings. The smallest absolute Gasteiger partial charge is 0.253 e. The van der Waals surface area contributed by atoms with Crippen LogP contribution in [0.3, 0.4) is 0 Å². The molecule has 2 aliphatic rings. The molecule has 150 valence electrons. The van der Waals surface area contributed by atoms with Crippen LogP contribution in [-0.2, 0) is 0 Å². The number of benzene rings is 1. The highest BCUT2D eigenvalue weighted by molar-refractivity contribution is 5.75. The number of likely N-dealkylation sites (N-methyl/N-ethyl adjacent to an activating group) is 1. The number of piperazine rings is 1. The molecule has 2 heterocycles. The first kappa shape index (κ1) is 18.9. The van der Waals surface area contributed by atoms with Gasteiger partial charge in [-0.2, -0.15) is 0 Å². The van der Waals surface area contributed by atoms with Crippen molar-refractivity contribution in [3.8, 4) is 0 Å². The van der Waals surface area contributed by atoms with Gasteiger partial charge in [-0.25, -0.2) is 4.39 Å². The fraction of sp³-hybridized carbons (Fsp3) is 0.524. The molecule has 1 N–H and O–H groups in total. The van der Waals surface area contributed by atoms with E-state index >= 15 is 0 Å². The van der Waals surface area contributed by atoms with Gasteiger partial charge in [0.1, 0.15) is 17.2 Å². The highest BCUT2D eigenvalue weighted by Gasteiger charge is 2.30. The van der Waals surface area contributed by atoms with E-state index in [1.807, 2.05) is 4.90 Å². The maximum atomic E-state index is 13.1. The summed E-state index contributed by atoms with van der Waals surface area (Å²) in [6.07, 6.45) is 2.31. The molecule has 0 unspecified atom stereocenters. The SMILES string of the molecule is CCN1CCC[C@H]1CNc1c(N2CCN(c3ccc(F)cc3)CC2)c(=O)c1=O. The molecule has 0 aromatic heterocycles. The first-order chi connectivity index (χ1) is 13.6. The monoisotopic (exact) mass is 386 g/mol. The maximum Gasteiger partial charge on any atom is 0.253 e. The van der Waals surface area contributed by atoms with Gasteiger partial charge in [-0.15, -0.1) is 0 Å². The molecule has 2 aliphatic heterocycles. The average Bonchev–Trinajstić information content (AvgIpc) is 3.19. The van der Waals surface area contributed by atoms with Crippen LogP contribution in [0, 0.1) is 5.82 Å². The minimum Gasteiger partial charge on any atom is -0.378 e. The molecular formula is C21H27FN4O2. The summed E-state index contributed by atoms with van der Waals surface area (Å²) in [6.45, 7) is 7.78. The summed E-state index contributed by atoms with van der Waals surface area (Å²) < 4.78 is 13.1. The standard InChI is InChI=1S/C21H27FN4O2/c1-2-24-9-3-4-17(24)14-23-18-19(21(28)20(18)27)26-12-10-25(11-13-26)16-7-5-15(22)6-8-16/h5-8,17,23H,2-4,9-14H2,1H3/t17-/m0/s1. The van der Waals surface area contributed by atoms with E-state index in [9.17, 15) is 14.0 Å². The molecule has 2 aromatic carbocycles. The second kappa shape index (κ2) is 7.91. The van der Waals surface area contributed by atoms with Gasteiger partial charge in [0, 0.05) is 44.5 Å². The van der Waals surface area contributed by atoms with Crippen molar-refractivity contribution in [1.29, 1.82) is 0 Å². The van der Waals surface area contributed by atoms with E-state index in [2.05, 4.69) is 22.0 Å². The number of rotatable bonds is 6. The summed E-state index contributed by atoms with van der Waals surface area (Å²) in [5.41, 5.74) is 1.24. The van der Waals surface area contributed by atoms with Gasteiger partial charge in [-0.3, -0.25) is 14.5 Å². The lowest BCUT2D eigenvalue weighted by molar-refractivity contribution is 0.277. The van der Waals surface area contributed by atoms with Gasteiger partial charge >= 0.3 is 0 Å². The zero-order valence-electron chi connectivity index (χ0n) is 16.3. The zero-order valence-corrected chi connectivity index (χ0v) is 16.3. The van der Waals surface area contributed by atoms with E-state index in [1.165, 1.54) is 18.6 Å². The normalized spacial score (nSPS) is 20.9. The number of anilines is 3. The molecule has 6 nitrogen and oxygen atoms in total. The predicted molar refractivity (Wildman–Crippen MR) is 111 cm³/mol. The molecule has 4 rings (SSSR count). The van der Waals surface area contributed by atoms with Gasteiger partial charge < -0.3 is 15.1 Å². The summed E-state index contributed by atoms with van der Waals surface area (Å²) in [7, 11) is 0. The minimum atomic E-state index is -0.392. The molecule has 2 fully saturated rings. The maximum absolute atomic E-state index is 13.1. The van der Waals surface area contributed by atoms with Crippen molar-refractivity contribution in [1.82, 2.24) is 4.90 Å². The molecule has 0 saturated carbocycles. The van der Waals surface area contributed by atoms with Crippen LogP contribution >= 0.6 is 0 Å². The summed E-state index contributed by atoms with van der Waals surface area (Å²) in [5, 5.41) is 3.27. The minimum absolute atomic E-state index is 0.245. The van der Waals surface area contributed by atoms with Crippen LogP contribution < -0.4 is 26.0 Å². The van der Waals surface area contributed by atoms with Gasteiger partial charge in [-0.1, -0.05) is 6.92 Å². The predicted octanol–water partition coefficient (Wildman–Crippen LogP) is 1.64. The summed E-state index contributed by atoms with van der Waals surface area (Å²) in [6, 6.07) is 6.90.